The predicted molar refractivity (Wildman–Crippen MR) is 99.4 cm³/mol. The van der Waals surface area contributed by atoms with Gasteiger partial charge in [0.2, 0.25) is 0 Å². The van der Waals surface area contributed by atoms with E-state index in [9.17, 15) is 4.79 Å². The Morgan fingerprint density at radius 2 is 1.72 bits per heavy atom. The zero-order valence-electron chi connectivity index (χ0n) is 14.2. The van der Waals surface area contributed by atoms with Crippen LogP contribution in [-0.4, -0.2) is 30.6 Å². The van der Waals surface area contributed by atoms with E-state index >= 15 is 0 Å². The van der Waals surface area contributed by atoms with Gasteiger partial charge in [-0.1, -0.05) is 67.2 Å². The Hall–Kier alpha value is -2.30. The van der Waals surface area contributed by atoms with E-state index in [1.807, 2.05) is 60.7 Å². The van der Waals surface area contributed by atoms with Crippen molar-refractivity contribution in [3.8, 4) is 0 Å². The van der Waals surface area contributed by atoms with Crippen LogP contribution in [0.5, 0.6) is 0 Å². The number of methoxy groups -OCH3 is 1. The summed E-state index contributed by atoms with van der Waals surface area (Å²) in [7, 11) is 1.34. The largest absolute Gasteiger partial charge is 0.452 e. The number of rotatable bonds is 8. The van der Waals surface area contributed by atoms with E-state index in [-0.39, 0.29) is 11.9 Å². The number of allylic oxidation sites excluding steroid dienone is 1. The lowest BCUT2D eigenvalue weighted by atomic mass is 10.1. The number of ether oxygens (including phenoxy) is 2. The normalized spacial score (nSPS) is 11.6. The van der Waals surface area contributed by atoms with Crippen molar-refractivity contribution in [3.63, 3.8) is 0 Å². The molecule has 0 spiro atoms. The molecule has 5 heteroatoms. The molecule has 0 aliphatic rings. The van der Waals surface area contributed by atoms with Gasteiger partial charge in [-0.15, -0.1) is 11.6 Å². The molecule has 0 bridgehead atoms. The number of hydrogen-bond donors (Lipinski definition) is 0. The number of halogens is 1. The number of alkyl halides is 1. The van der Waals surface area contributed by atoms with Gasteiger partial charge in [-0.3, -0.25) is 4.90 Å². The predicted octanol–water partition coefficient (Wildman–Crippen LogP) is 4.77. The Kier molecular flexibility index (Phi) is 7.51. The summed E-state index contributed by atoms with van der Waals surface area (Å²) in [5.41, 5.74) is 2.45. The molecule has 4 nitrogen and oxygen atoms in total. The summed E-state index contributed by atoms with van der Waals surface area (Å²) >= 11 is 5.92. The third kappa shape index (κ3) is 5.34. The number of amides is 1. The molecule has 2 aromatic rings. The zero-order valence-corrected chi connectivity index (χ0v) is 15.0. The molecular formula is C20H22ClNO3. The molecule has 25 heavy (non-hydrogen) atoms. The van der Waals surface area contributed by atoms with Crippen LogP contribution in [0, 0.1) is 0 Å². The maximum Gasteiger partial charge on any atom is 0.414 e. The van der Waals surface area contributed by atoms with Gasteiger partial charge >= 0.3 is 6.09 Å². The van der Waals surface area contributed by atoms with Crippen molar-refractivity contribution in [1.82, 2.24) is 4.90 Å². The third-order valence-electron chi connectivity index (χ3n) is 3.75. The minimum absolute atomic E-state index is 0.122. The molecule has 2 aromatic carbocycles. The van der Waals surface area contributed by atoms with Crippen LogP contribution < -0.4 is 0 Å². The van der Waals surface area contributed by atoms with Gasteiger partial charge in [-0.2, -0.15) is 0 Å². The monoisotopic (exact) mass is 359 g/mol. The molecule has 0 saturated carbocycles. The lowest BCUT2D eigenvalue weighted by molar-refractivity contribution is 0.0555. The highest BCUT2D eigenvalue weighted by atomic mass is 35.5. The molecular weight excluding hydrogens is 338 g/mol. The summed E-state index contributed by atoms with van der Waals surface area (Å²) in [6.45, 7) is 4.64. The van der Waals surface area contributed by atoms with E-state index < -0.39 is 6.09 Å². The van der Waals surface area contributed by atoms with Crippen LogP contribution >= 0.6 is 11.6 Å². The van der Waals surface area contributed by atoms with Gasteiger partial charge in [0.15, 0.2) is 0 Å². The Morgan fingerprint density at radius 1 is 1.12 bits per heavy atom. The van der Waals surface area contributed by atoms with E-state index in [2.05, 4.69) is 6.58 Å². The molecule has 0 aliphatic heterocycles. The Morgan fingerprint density at radius 3 is 2.28 bits per heavy atom. The van der Waals surface area contributed by atoms with Crippen LogP contribution in [0.25, 0.3) is 0 Å². The van der Waals surface area contributed by atoms with Gasteiger partial charge in [-0.25, -0.2) is 4.79 Å². The fourth-order valence-corrected chi connectivity index (χ4v) is 2.63. The number of benzene rings is 2. The topological polar surface area (TPSA) is 38.8 Å². The lowest BCUT2D eigenvalue weighted by Crippen LogP contribution is -2.36. The molecule has 0 heterocycles. The van der Waals surface area contributed by atoms with Gasteiger partial charge < -0.3 is 9.47 Å². The molecule has 0 aromatic heterocycles. The summed E-state index contributed by atoms with van der Waals surface area (Å²) in [6, 6.07) is 19.1. The SMILES string of the molecule is C=C(CCl)N(C(=O)OC)[C@H](COCc1ccccc1)c1ccccc1. The summed E-state index contributed by atoms with van der Waals surface area (Å²) in [6.07, 6.45) is -0.511. The second-order valence-electron chi connectivity index (χ2n) is 5.47. The molecule has 2 rings (SSSR count). The van der Waals surface area contributed by atoms with E-state index in [4.69, 9.17) is 21.1 Å². The highest BCUT2D eigenvalue weighted by Gasteiger charge is 2.28. The molecule has 0 unspecified atom stereocenters. The Balaban J connectivity index is 2.19. The summed E-state index contributed by atoms with van der Waals surface area (Å²) in [5, 5.41) is 0. The third-order valence-corrected chi connectivity index (χ3v) is 4.06. The van der Waals surface area contributed by atoms with E-state index in [1.165, 1.54) is 12.0 Å². The molecule has 0 N–H and O–H groups in total. The molecule has 0 radical (unpaired) electrons. The quantitative estimate of drug-likeness (QED) is 0.637. The first-order valence-electron chi connectivity index (χ1n) is 7.95. The fraction of sp³-hybridized carbons (Fsp3) is 0.250. The van der Waals surface area contributed by atoms with Crippen LogP contribution in [-0.2, 0) is 16.1 Å². The molecule has 132 valence electrons. The lowest BCUT2D eigenvalue weighted by Gasteiger charge is -2.31. The smallest absolute Gasteiger partial charge is 0.414 e. The van der Waals surface area contributed by atoms with Crippen LogP contribution in [0.15, 0.2) is 72.9 Å². The van der Waals surface area contributed by atoms with Gasteiger partial charge in [0, 0.05) is 5.70 Å². The first kappa shape index (κ1) is 19.0. The Labute approximate surface area is 153 Å². The molecule has 0 aliphatic carbocycles. The first-order valence-corrected chi connectivity index (χ1v) is 8.48. The second kappa shape index (κ2) is 9.87. The van der Waals surface area contributed by atoms with Crippen molar-refractivity contribution in [2.45, 2.75) is 12.6 Å². The van der Waals surface area contributed by atoms with Crippen molar-refractivity contribution < 1.29 is 14.3 Å². The molecule has 0 fully saturated rings. The van der Waals surface area contributed by atoms with Crippen LogP contribution in [0.2, 0.25) is 0 Å². The summed E-state index contributed by atoms with van der Waals surface area (Å²) < 4.78 is 10.8. The second-order valence-corrected chi connectivity index (χ2v) is 5.73. The number of nitrogens with zero attached hydrogens (tertiary/aromatic N) is 1. The number of carbonyl (C=O) groups is 1. The first-order chi connectivity index (χ1) is 12.2. The minimum Gasteiger partial charge on any atom is -0.452 e. The van der Waals surface area contributed by atoms with Crippen molar-refractivity contribution in [2.75, 3.05) is 19.6 Å². The summed E-state index contributed by atoms with van der Waals surface area (Å²) in [4.78, 5) is 13.7. The standard InChI is InChI=1S/C20H22ClNO3/c1-16(13-21)22(20(23)24-2)19(18-11-7-4-8-12-18)15-25-14-17-9-5-3-6-10-17/h3-12,19H,1,13-15H2,2H3/t19-/m1/s1. The fourth-order valence-electron chi connectivity index (χ4n) is 2.50. The van der Waals surface area contributed by atoms with Crippen molar-refractivity contribution in [3.05, 3.63) is 84.1 Å². The molecule has 1 atom stereocenters. The zero-order chi connectivity index (χ0) is 18.1. The minimum atomic E-state index is -0.511. The van der Waals surface area contributed by atoms with E-state index in [0.29, 0.717) is 18.9 Å². The van der Waals surface area contributed by atoms with Crippen molar-refractivity contribution in [1.29, 1.82) is 0 Å². The molecule has 1 amide bonds. The molecule has 0 saturated heterocycles. The van der Waals surface area contributed by atoms with Crippen LogP contribution in [0.3, 0.4) is 0 Å². The number of hydrogen-bond acceptors (Lipinski definition) is 3. The van der Waals surface area contributed by atoms with Crippen LogP contribution in [0.1, 0.15) is 17.2 Å². The summed E-state index contributed by atoms with van der Waals surface area (Å²) in [5.74, 6) is 0.122. The number of carbonyl (C=O) groups excluding carboxylic acids is 1. The van der Waals surface area contributed by atoms with Gasteiger partial charge in [-0.05, 0) is 11.1 Å². The highest BCUT2D eigenvalue weighted by Crippen LogP contribution is 2.26. The van der Waals surface area contributed by atoms with Gasteiger partial charge in [0.05, 0.1) is 32.2 Å². The van der Waals surface area contributed by atoms with Crippen LogP contribution in [0.4, 0.5) is 4.79 Å². The highest BCUT2D eigenvalue weighted by molar-refractivity contribution is 6.19. The maximum atomic E-state index is 12.3. The van der Waals surface area contributed by atoms with Crippen molar-refractivity contribution >= 4 is 17.7 Å². The van der Waals surface area contributed by atoms with E-state index in [0.717, 1.165) is 11.1 Å². The maximum absolute atomic E-state index is 12.3. The Bertz CT molecular complexity index is 660. The average molecular weight is 360 g/mol. The van der Waals surface area contributed by atoms with Gasteiger partial charge in [0.25, 0.3) is 0 Å². The van der Waals surface area contributed by atoms with Gasteiger partial charge in [0.1, 0.15) is 0 Å². The van der Waals surface area contributed by atoms with Crippen molar-refractivity contribution in [2.24, 2.45) is 0 Å². The van der Waals surface area contributed by atoms with E-state index in [1.54, 1.807) is 0 Å². The average Bonchev–Trinajstić information content (AvgIpc) is 2.68.